The van der Waals surface area contributed by atoms with Gasteiger partial charge >= 0.3 is 17.9 Å². The Morgan fingerprint density at radius 1 is 0.771 bits per heavy atom. The maximum absolute atomic E-state index is 12.7. The van der Waals surface area contributed by atoms with Gasteiger partial charge in [-0.2, -0.15) is 0 Å². The van der Waals surface area contributed by atoms with Crippen LogP contribution in [-0.2, 0) is 28.8 Å². The summed E-state index contributed by atoms with van der Waals surface area (Å²) in [6.45, 7) is 1.40. The number of nitrogens with one attached hydrogen (secondary N) is 3. The van der Waals surface area contributed by atoms with Crippen molar-refractivity contribution in [2.45, 2.75) is 69.6 Å². The van der Waals surface area contributed by atoms with E-state index in [-0.39, 0.29) is 44.6 Å². The molecule has 0 saturated heterocycles. The molecule has 3 amide bonds. The number of carbonyl (C=O) groups excluding carboxylic acids is 3. The Morgan fingerprint density at radius 3 is 1.83 bits per heavy atom. The second-order valence-electron chi connectivity index (χ2n) is 7.61. The molecule has 0 radical (unpaired) electrons. The summed E-state index contributed by atoms with van der Waals surface area (Å²) in [5, 5.41) is 33.5. The highest BCUT2D eigenvalue weighted by Crippen LogP contribution is 2.04. The lowest BCUT2D eigenvalue weighted by molar-refractivity contribution is -0.143. The fraction of sp³-hybridized carbons (Fsp3) is 0.632. The third-order valence-corrected chi connectivity index (χ3v) is 4.60. The number of carbonyl (C=O) groups is 6. The first kappa shape index (κ1) is 31.0. The standard InChI is InChI=1S/C19H33N7O9/c1-9(15(31)26-12(18(34)35)5-7-14(29)30)24-17(33)11(3-2-8-23-19(21)22)25-16(32)10(20)4-6-13(27)28/h9-12H,2-8,20H2,1H3,(H,24,33)(H,25,32)(H,26,31)(H,27,28)(H,29,30)(H,34,35)(H4,21,22,23). The number of nitrogens with zero attached hydrogens (tertiary/aromatic N) is 1. The van der Waals surface area contributed by atoms with E-state index in [2.05, 4.69) is 20.9 Å². The smallest absolute Gasteiger partial charge is 0.326 e. The molecule has 0 rings (SSSR count). The SMILES string of the molecule is CC(NC(=O)C(CCCN=C(N)N)NC(=O)C(N)CCC(=O)O)C(=O)NC(CCC(=O)O)C(=O)O. The van der Waals surface area contributed by atoms with Gasteiger partial charge in [0.2, 0.25) is 17.7 Å². The van der Waals surface area contributed by atoms with Crippen molar-refractivity contribution < 1.29 is 44.1 Å². The van der Waals surface area contributed by atoms with Gasteiger partial charge in [-0.15, -0.1) is 0 Å². The van der Waals surface area contributed by atoms with E-state index >= 15 is 0 Å². The summed E-state index contributed by atoms with van der Waals surface area (Å²) < 4.78 is 0. The Bertz CT molecular complexity index is 814. The molecule has 16 heteroatoms. The van der Waals surface area contributed by atoms with Crippen LogP contribution in [0.4, 0.5) is 0 Å². The van der Waals surface area contributed by atoms with Gasteiger partial charge in [-0.3, -0.25) is 29.0 Å². The number of nitrogens with two attached hydrogens (primary N) is 3. The Kier molecular flexibility index (Phi) is 14.0. The number of amides is 3. The molecular formula is C19H33N7O9. The predicted octanol–water partition coefficient (Wildman–Crippen LogP) is -3.34. The van der Waals surface area contributed by atoms with Crippen LogP contribution >= 0.6 is 0 Å². The summed E-state index contributed by atoms with van der Waals surface area (Å²) in [6, 6.07) is -5.12. The molecule has 12 N–H and O–H groups in total. The van der Waals surface area contributed by atoms with E-state index in [4.69, 9.17) is 32.5 Å². The van der Waals surface area contributed by atoms with Gasteiger partial charge in [0, 0.05) is 19.4 Å². The summed E-state index contributed by atoms with van der Waals surface area (Å²) in [4.78, 5) is 73.7. The molecule has 0 aliphatic carbocycles. The van der Waals surface area contributed by atoms with Gasteiger partial charge in [-0.25, -0.2) is 4.79 Å². The molecule has 0 heterocycles. The summed E-state index contributed by atoms with van der Waals surface area (Å²) >= 11 is 0. The van der Waals surface area contributed by atoms with Gasteiger partial charge in [0.05, 0.1) is 6.04 Å². The predicted molar refractivity (Wildman–Crippen MR) is 121 cm³/mol. The summed E-state index contributed by atoms with van der Waals surface area (Å²) in [6.07, 6.45) is -1.12. The van der Waals surface area contributed by atoms with Crippen LogP contribution in [0.25, 0.3) is 0 Å². The number of carboxylic acid groups (broad SMARTS) is 3. The van der Waals surface area contributed by atoms with Gasteiger partial charge in [-0.1, -0.05) is 0 Å². The minimum absolute atomic E-state index is 0.0324. The molecule has 0 aliphatic rings. The van der Waals surface area contributed by atoms with E-state index in [1.807, 2.05) is 0 Å². The van der Waals surface area contributed by atoms with Crippen molar-refractivity contribution in [3.05, 3.63) is 0 Å². The van der Waals surface area contributed by atoms with Crippen LogP contribution in [0.3, 0.4) is 0 Å². The maximum Gasteiger partial charge on any atom is 0.326 e. The molecule has 0 aromatic carbocycles. The van der Waals surface area contributed by atoms with Crippen LogP contribution in [-0.4, -0.2) is 87.6 Å². The maximum atomic E-state index is 12.7. The topological polar surface area (TPSA) is 290 Å². The van der Waals surface area contributed by atoms with Gasteiger partial charge in [0.15, 0.2) is 5.96 Å². The van der Waals surface area contributed by atoms with Crippen LogP contribution in [0.1, 0.15) is 45.4 Å². The van der Waals surface area contributed by atoms with E-state index in [1.54, 1.807) is 0 Å². The first-order valence-corrected chi connectivity index (χ1v) is 10.6. The Morgan fingerprint density at radius 2 is 1.31 bits per heavy atom. The lowest BCUT2D eigenvalue weighted by atomic mass is 10.1. The Labute approximate surface area is 200 Å². The molecule has 0 spiro atoms. The van der Waals surface area contributed by atoms with Crippen molar-refractivity contribution in [3.63, 3.8) is 0 Å². The summed E-state index contributed by atoms with van der Waals surface area (Å²) in [5.74, 6) is -6.49. The number of guanidine groups is 1. The number of aliphatic imine (C=N–C) groups is 1. The van der Waals surface area contributed by atoms with Crippen molar-refractivity contribution in [2.24, 2.45) is 22.2 Å². The Hall–Kier alpha value is -3.95. The fourth-order valence-electron chi connectivity index (χ4n) is 2.66. The second kappa shape index (κ2) is 15.8. The van der Waals surface area contributed by atoms with Crippen LogP contribution in [0.5, 0.6) is 0 Å². The van der Waals surface area contributed by atoms with Crippen molar-refractivity contribution in [2.75, 3.05) is 6.54 Å². The van der Waals surface area contributed by atoms with E-state index in [9.17, 15) is 28.8 Å². The number of aliphatic carboxylic acids is 3. The lowest BCUT2D eigenvalue weighted by Crippen LogP contribution is -2.56. The molecule has 0 bridgehead atoms. The highest BCUT2D eigenvalue weighted by atomic mass is 16.4. The van der Waals surface area contributed by atoms with Gasteiger partial charge < -0.3 is 48.5 Å². The van der Waals surface area contributed by atoms with Crippen LogP contribution in [0, 0.1) is 0 Å². The van der Waals surface area contributed by atoms with E-state index in [1.165, 1.54) is 6.92 Å². The first-order valence-electron chi connectivity index (χ1n) is 10.6. The monoisotopic (exact) mass is 503 g/mol. The number of carboxylic acids is 3. The highest BCUT2D eigenvalue weighted by molar-refractivity contribution is 5.94. The highest BCUT2D eigenvalue weighted by Gasteiger charge is 2.28. The molecule has 4 atom stereocenters. The van der Waals surface area contributed by atoms with Gasteiger partial charge in [-0.05, 0) is 32.6 Å². The van der Waals surface area contributed by atoms with Crippen LogP contribution < -0.4 is 33.2 Å². The zero-order chi connectivity index (χ0) is 27.1. The van der Waals surface area contributed by atoms with Crippen LogP contribution in [0.2, 0.25) is 0 Å². The average molecular weight is 504 g/mol. The van der Waals surface area contributed by atoms with Crippen molar-refractivity contribution in [1.82, 2.24) is 16.0 Å². The molecule has 16 nitrogen and oxygen atoms in total. The number of hydrogen-bond donors (Lipinski definition) is 9. The summed E-state index contributed by atoms with van der Waals surface area (Å²) in [7, 11) is 0. The number of hydrogen-bond acceptors (Lipinski definition) is 8. The molecule has 35 heavy (non-hydrogen) atoms. The quantitative estimate of drug-likeness (QED) is 0.0534. The molecule has 0 aromatic heterocycles. The second-order valence-corrected chi connectivity index (χ2v) is 7.61. The van der Waals surface area contributed by atoms with Crippen molar-refractivity contribution in [1.29, 1.82) is 0 Å². The molecule has 0 saturated carbocycles. The largest absolute Gasteiger partial charge is 0.481 e. The first-order chi connectivity index (χ1) is 16.2. The zero-order valence-corrected chi connectivity index (χ0v) is 19.2. The lowest BCUT2D eigenvalue weighted by Gasteiger charge is -2.23. The van der Waals surface area contributed by atoms with Crippen molar-refractivity contribution in [3.8, 4) is 0 Å². The Balaban J connectivity index is 5.21. The van der Waals surface area contributed by atoms with Gasteiger partial charge in [0.1, 0.15) is 18.1 Å². The molecular weight excluding hydrogens is 470 g/mol. The summed E-state index contributed by atoms with van der Waals surface area (Å²) in [5.41, 5.74) is 16.1. The van der Waals surface area contributed by atoms with Crippen molar-refractivity contribution >= 4 is 41.6 Å². The van der Waals surface area contributed by atoms with Crippen LogP contribution in [0.15, 0.2) is 4.99 Å². The molecule has 4 unspecified atom stereocenters. The molecule has 0 fully saturated rings. The third kappa shape index (κ3) is 14.0. The third-order valence-electron chi connectivity index (χ3n) is 4.60. The number of rotatable bonds is 17. The molecule has 0 aliphatic heterocycles. The van der Waals surface area contributed by atoms with Gasteiger partial charge in [0.25, 0.3) is 0 Å². The minimum Gasteiger partial charge on any atom is -0.481 e. The van der Waals surface area contributed by atoms with E-state index in [0.29, 0.717) is 0 Å². The molecule has 0 aromatic rings. The fourth-order valence-corrected chi connectivity index (χ4v) is 2.66. The van der Waals surface area contributed by atoms with E-state index in [0.717, 1.165) is 0 Å². The normalized spacial score (nSPS) is 13.9. The average Bonchev–Trinajstić information content (AvgIpc) is 2.75. The van der Waals surface area contributed by atoms with E-state index < -0.39 is 66.2 Å². The zero-order valence-electron chi connectivity index (χ0n) is 19.2. The minimum atomic E-state index is -1.49. The molecule has 198 valence electrons.